The Morgan fingerprint density at radius 1 is 1.31 bits per heavy atom. The molecule has 90 valence electrons. The van der Waals surface area contributed by atoms with Crippen LogP contribution in [-0.2, 0) is 6.54 Å². The van der Waals surface area contributed by atoms with E-state index in [-0.39, 0.29) is 0 Å². The molecule has 0 atom stereocenters. The van der Waals surface area contributed by atoms with Gasteiger partial charge < -0.3 is 9.64 Å². The van der Waals surface area contributed by atoms with Crippen LogP contribution in [0.1, 0.15) is 16.7 Å². The van der Waals surface area contributed by atoms with E-state index in [0.29, 0.717) is 0 Å². The summed E-state index contributed by atoms with van der Waals surface area (Å²) in [7, 11) is 3.84. The molecule has 16 heavy (non-hydrogen) atoms. The van der Waals surface area contributed by atoms with Gasteiger partial charge in [-0.3, -0.25) is 0 Å². The first-order chi connectivity index (χ1) is 7.58. The molecule has 1 aromatic rings. The highest BCUT2D eigenvalue weighted by molar-refractivity contribution is 7.80. The van der Waals surface area contributed by atoms with Crippen LogP contribution in [0.15, 0.2) is 12.1 Å². The van der Waals surface area contributed by atoms with Crippen molar-refractivity contribution in [1.82, 2.24) is 4.90 Å². The summed E-state index contributed by atoms with van der Waals surface area (Å²) < 4.78 is 5.44. The Morgan fingerprint density at radius 2 is 2.00 bits per heavy atom. The van der Waals surface area contributed by atoms with E-state index in [0.717, 1.165) is 24.6 Å². The van der Waals surface area contributed by atoms with E-state index < -0.39 is 0 Å². The number of aryl methyl sites for hydroxylation is 2. The monoisotopic (exact) mass is 239 g/mol. The largest absolute Gasteiger partial charge is 0.496 e. The zero-order valence-electron chi connectivity index (χ0n) is 10.6. The van der Waals surface area contributed by atoms with Crippen LogP contribution in [0.3, 0.4) is 0 Å². The van der Waals surface area contributed by atoms with Gasteiger partial charge in [0.15, 0.2) is 0 Å². The minimum Gasteiger partial charge on any atom is -0.496 e. The molecule has 3 heteroatoms. The maximum atomic E-state index is 5.44. The Hall–Kier alpha value is -0.670. The van der Waals surface area contributed by atoms with E-state index in [1.165, 1.54) is 16.7 Å². The van der Waals surface area contributed by atoms with Crippen molar-refractivity contribution in [2.24, 2.45) is 0 Å². The Bertz CT molecular complexity index is 352. The quantitative estimate of drug-likeness (QED) is 0.793. The van der Waals surface area contributed by atoms with E-state index in [1.807, 2.05) is 0 Å². The van der Waals surface area contributed by atoms with E-state index in [4.69, 9.17) is 4.74 Å². The lowest BCUT2D eigenvalue weighted by atomic mass is 10.0. The molecule has 0 radical (unpaired) electrons. The van der Waals surface area contributed by atoms with Crippen LogP contribution in [0, 0.1) is 13.8 Å². The fourth-order valence-electron chi connectivity index (χ4n) is 1.86. The summed E-state index contributed by atoms with van der Waals surface area (Å²) in [6.07, 6.45) is 0. The molecule has 1 aromatic carbocycles. The summed E-state index contributed by atoms with van der Waals surface area (Å²) in [4.78, 5) is 2.26. The summed E-state index contributed by atoms with van der Waals surface area (Å²) in [5, 5.41) is 0. The zero-order chi connectivity index (χ0) is 12.1. The van der Waals surface area contributed by atoms with Crippen molar-refractivity contribution >= 4 is 12.6 Å². The molecular weight excluding hydrogens is 218 g/mol. The first-order valence-corrected chi connectivity index (χ1v) is 6.15. The average molecular weight is 239 g/mol. The van der Waals surface area contributed by atoms with E-state index in [2.05, 4.69) is 50.6 Å². The lowest BCUT2D eigenvalue weighted by Crippen LogP contribution is -2.21. The Labute approximate surface area is 104 Å². The lowest BCUT2D eigenvalue weighted by Gasteiger charge is -2.19. The van der Waals surface area contributed by atoms with Crippen molar-refractivity contribution in [2.75, 3.05) is 26.5 Å². The van der Waals surface area contributed by atoms with Crippen LogP contribution in [0.2, 0.25) is 0 Å². The van der Waals surface area contributed by atoms with Gasteiger partial charge in [0.05, 0.1) is 7.11 Å². The minimum absolute atomic E-state index is 0.879. The second-order valence-electron chi connectivity index (χ2n) is 4.22. The van der Waals surface area contributed by atoms with Gasteiger partial charge in [-0.25, -0.2) is 0 Å². The number of thiol groups is 1. The topological polar surface area (TPSA) is 12.5 Å². The molecule has 0 fully saturated rings. The van der Waals surface area contributed by atoms with Crippen molar-refractivity contribution < 1.29 is 4.74 Å². The van der Waals surface area contributed by atoms with Gasteiger partial charge in [0.25, 0.3) is 0 Å². The van der Waals surface area contributed by atoms with Crippen LogP contribution in [0.5, 0.6) is 5.75 Å². The summed E-state index contributed by atoms with van der Waals surface area (Å²) in [5.41, 5.74) is 3.81. The van der Waals surface area contributed by atoms with E-state index >= 15 is 0 Å². The van der Waals surface area contributed by atoms with Crippen LogP contribution in [0.25, 0.3) is 0 Å². The van der Waals surface area contributed by atoms with Crippen molar-refractivity contribution in [2.45, 2.75) is 20.4 Å². The molecule has 0 heterocycles. The van der Waals surface area contributed by atoms with Crippen LogP contribution < -0.4 is 4.74 Å². The molecule has 0 aliphatic heterocycles. The molecule has 0 aromatic heterocycles. The molecule has 0 spiro atoms. The maximum absolute atomic E-state index is 5.44. The second-order valence-corrected chi connectivity index (χ2v) is 4.67. The van der Waals surface area contributed by atoms with Crippen molar-refractivity contribution in [3.05, 3.63) is 28.8 Å². The maximum Gasteiger partial charge on any atom is 0.123 e. The number of ether oxygens (including phenoxy) is 1. The molecule has 0 aliphatic rings. The minimum atomic E-state index is 0.879. The van der Waals surface area contributed by atoms with Gasteiger partial charge in [-0.05, 0) is 38.1 Å². The first-order valence-electron chi connectivity index (χ1n) is 5.52. The molecule has 0 N–H and O–H groups in total. The number of rotatable bonds is 5. The van der Waals surface area contributed by atoms with Crippen LogP contribution in [-0.4, -0.2) is 31.4 Å². The van der Waals surface area contributed by atoms with E-state index in [9.17, 15) is 0 Å². The van der Waals surface area contributed by atoms with Crippen molar-refractivity contribution in [3.8, 4) is 5.75 Å². The number of hydrogen-bond donors (Lipinski definition) is 1. The third kappa shape index (κ3) is 3.42. The smallest absolute Gasteiger partial charge is 0.123 e. The van der Waals surface area contributed by atoms with Crippen molar-refractivity contribution in [1.29, 1.82) is 0 Å². The molecule has 2 nitrogen and oxygen atoms in total. The van der Waals surface area contributed by atoms with Gasteiger partial charge in [-0.1, -0.05) is 6.07 Å². The highest BCUT2D eigenvalue weighted by Gasteiger charge is 2.09. The van der Waals surface area contributed by atoms with Crippen LogP contribution in [0.4, 0.5) is 0 Å². The fourth-order valence-corrected chi connectivity index (χ4v) is 2.20. The highest BCUT2D eigenvalue weighted by atomic mass is 32.1. The number of methoxy groups -OCH3 is 1. The number of benzene rings is 1. The molecule has 0 aliphatic carbocycles. The average Bonchev–Trinajstić information content (AvgIpc) is 2.22. The summed E-state index contributed by atoms with van der Waals surface area (Å²) in [6.45, 7) is 6.13. The third-order valence-electron chi connectivity index (χ3n) is 2.71. The Kier molecular flexibility index (Phi) is 5.16. The standard InChI is InChI=1S/C13H21NOS/c1-10-7-11(2)12(13(8-10)15-4)9-14(3)5-6-16/h7-8,16H,5-6,9H2,1-4H3. The molecule has 0 unspecified atom stereocenters. The molecule has 0 amide bonds. The van der Waals surface area contributed by atoms with Gasteiger partial charge in [0.1, 0.15) is 5.75 Å². The molecule has 0 saturated carbocycles. The van der Waals surface area contributed by atoms with Gasteiger partial charge in [-0.2, -0.15) is 12.6 Å². The summed E-state index contributed by atoms with van der Waals surface area (Å²) in [6, 6.07) is 4.29. The van der Waals surface area contributed by atoms with Gasteiger partial charge in [-0.15, -0.1) is 0 Å². The number of nitrogens with zero attached hydrogens (tertiary/aromatic N) is 1. The predicted molar refractivity (Wildman–Crippen MR) is 72.7 cm³/mol. The van der Waals surface area contributed by atoms with Crippen molar-refractivity contribution in [3.63, 3.8) is 0 Å². The third-order valence-corrected chi connectivity index (χ3v) is 2.91. The first kappa shape index (κ1) is 13.4. The number of hydrogen-bond acceptors (Lipinski definition) is 3. The summed E-state index contributed by atoms with van der Waals surface area (Å²) in [5.74, 6) is 1.87. The normalized spacial score (nSPS) is 10.9. The van der Waals surface area contributed by atoms with Crippen LogP contribution >= 0.6 is 12.6 Å². The molecule has 0 saturated heterocycles. The summed E-state index contributed by atoms with van der Waals surface area (Å²) >= 11 is 4.24. The molecule has 1 rings (SSSR count). The Balaban J connectivity index is 2.93. The predicted octanol–water partition coefficient (Wildman–Crippen LogP) is 2.67. The SMILES string of the molecule is COc1cc(C)cc(C)c1CN(C)CCS. The van der Waals surface area contributed by atoms with Gasteiger partial charge in [0, 0.05) is 24.4 Å². The zero-order valence-corrected chi connectivity index (χ0v) is 11.5. The van der Waals surface area contributed by atoms with Gasteiger partial charge >= 0.3 is 0 Å². The lowest BCUT2D eigenvalue weighted by molar-refractivity contribution is 0.334. The second kappa shape index (κ2) is 6.16. The highest BCUT2D eigenvalue weighted by Crippen LogP contribution is 2.25. The fraction of sp³-hybridized carbons (Fsp3) is 0.538. The molecular formula is C13H21NOS. The van der Waals surface area contributed by atoms with E-state index in [1.54, 1.807) is 7.11 Å². The molecule has 0 bridgehead atoms. The Morgan fingerprint density at radius 3 is 2.56 bits per heavy atom. The van der Waals surface area contributed by atoms with Gasteiger partial charge in [0.2, 0.25) is 0 Å².